The van der Waals surface area contributed by atoms with Gasteiger partial charge in [-0.15, -0.1) is 0 Å². The average molecular weight is 610 g/mol. The first-order valence-corrected chi connectivity index (χ1v) is 16.7. The van der Waals surface area contributed by atoms with Gasteiger partial charge in [0.1, 0.15) is 6.67 Å². The fourth-order valence-electron chi connectivity index (χ4n) is 6.60. The maximum atomic E-state index is 5.02. The number of nitrogens with zero attached hydrogens (tertiary/aromatic N) is 3. The molecule has 0 unspecified atom stereocenters. The second kappa shape index (κ2) is 11.5. The number of hydrogen-bond acceptors (Lipinski definition) is 4. The summed E-state index contributed by atoms with van der Waals surface area (Å²) in [6.45, 7) is 13.4. The number of allylic oxidation sites excluding steroid dienone is 2. The molecule has 0 radical (unpaired) electrons. The van der Waals surface area contributed by atoms with Gasteiger partial charge in [-0.05, 0) is 78.2 Å². The van der Waals surface area contributed by atoms with Crippen LogP contribution < -0.4 is 0 Å². The molecule has 2 aliphatic rings. The lowest BCUT2D eigenvalue weighted by molar-refractivity contribution is 0.657. The molecule has 3 nitrogen and oxygen atoms in total. The fraction of sp³-hybridized carbons (Fsp3) is 0.179. The Bertz CT molecular complexity index is 2030. The van der Waals surface area contributed by atoms with E-state index in [4.69, 9.17) is 4.99 Å². The summed E-state index contributed by atoms with van der Waals surface area (Å²) in [7, 11) is 0. The second-order valence-electron chi connectivity index (χ2n) is 11.8. The molecule has 5 aromatic rings. The lowest BCUT2D eigenvalue weighted by Crippen LogP contribution is -2.15. The van der Waals surface area contributed by atoms with Gasteiger partial charge < -0.3 is 4.57 Å². The maximum absolute atomic E-state index is 5.02. The number of fused-ring (bicyclic) bond motifs is 7. The third-order valence-corrected chi connectivity index (χ3v) is 11.3. The Balaban J connectivity index is 1.41. The van der Waals surface area contributed by atoms with Gasteiger partial charge in [0, 0.05) is 59.6 Å². The van der Waals surface area contributed by atoms with E-state index in [2.05, 4.69) is 117 Å². The Hall–Kier alpha value is -4.06. The minimum Gasteiger partial charge on any atom is -0.320 e. The van der Waals surface area contributed by atoms with E-state index < -0.39 is 0 Å². The van der Waals surface area contributed by atoms with E-state index in [1.165, 1.54) is 64.0 Å². The molecule has 0 saturated heterocycles. The Morgan fingerprint density at radius 1 is 0.886 bits per heavy atom. The lowest BCUT2D eigenvalue weighted by atomic mass is 9.82. The number of benzene rings is 4. The van der Waals surface area contributed by atoms with Crippen LogP contribution in [-0.4, -0.2) is 17.5 Å². The summed E-state index contributed by atoms with van der Waals surface area (Å²) in [6, 6.07) is 28.6. The monoisotopic (exact) mass is 609 g/mol. The first kappa shape index (κ1) is 28.7. The topological polar surface area (TPSA) is 29.6 Å². The predicted octanol–water partition coefficient (Wildman–Crippen LogP) is 11.1. The van der Waals surface area contributed by atoms with Crippen LogP contribution in [0.2, 0.25) is 0 Å². The zero-order valence-corrected chi connectivity index (χ0v) is 27.2. The summed E-state index contributed by atoms with van der Waals surface area (Å²) in [4.78, 5) is 14.4. The Kier molecular flexibility index (Phi) is 7.47. The third kappa shape index (κ3) is 4.70. The standard InChI is InChI=1S/C39H35N3S2/c1-6-7-15-32-25(2)28-18-19-30-37(38(28)42(32)24-41-23-27(22-40-5)26-13-9-8-10-14-26)29-20-35-36(21-31(29)39(30,3)4)44-34-17-12-11-16-33(34)43-35/h7-23H,5-6,24H2,1-4H3/b15-7-,27-22+,41-23-. The molecule has 0 atom stereocenters. The van der Waals surface area contributed by atoms with Crippen molar-refractivity contribution in [2.75, 3.05) is 0 Å². The summed E-state index contributed by atoms with van der Waals surface area (Å²) in [5.74, 6) is 0. The van der Waals surface area contributed by atoms with Crippen molar-refractivity contribution in [2.45, 2.75) is 65.8 Å². The largest absolute Gasteiger partial charge is 0.320 e. The zero-order valence-electron chi connectivity index (χ0n) is 25.6. The molecular weight excluding hydrogens is 575 g/mol. The highest BCUT2D eigenvalue weighted by Gasteiger charge is 2.39. The van der Waals surface area contributed by atoms with Gasteiger partial charge >= 0.3 is 0 Å². The van der Waals surface area contributed by atoms with Crippen LogP contribution in [0.1, 0.15) is 55.1 Å². The molecule has 0 spiro atoms. The summed E-state index contributed by atoms with van der Waals surface area (Å²) >= 11 is 3.78. The van der Waals surface area contributed by atoms with Crippen LogP contribution in [0.15, 0.2) is 121 Å². The quantitative estimate of drug-likeness (QED) is 0.169. The number of aliphatic imine (C=N–C) groups is 2. The maximum Gasteiger partial charge on any atom is 0.114 e. The van der Waals surface area contributed by atoms with E-state index in [-0.39, 0.29) is 5.41 Å². The zero-order chi connectivity index (χ0) is 30.4. The molecule has 2 heterocycles. The first-order valence-electron chi connectivity index (χ1n) is 15.1. The van der Waals surface area contributed by atoms with Crippen LogP contribution in [0.25, 0.3) is 33.7 Å². The molecular formula is C39H35N3S2. The lowest BCUT2D eigenvalue weighted by Gasteiger charge is -2.24. The number of aryl methyl sites for hydroxylation is 1. The van der Waals surface area contributed by atoms with Crippen molar-refractivity contribution in [1.29, 1.82) is 0 Å². The van der Waals surface area contributed by atoms with Gasteiger partial charge in [0.25, 0.3) is 0 Å². The van der Waals surface area contributed by atoms with Crippen LogP contribution >= 0.6 is 23.5 Å². The number of rotatable bonds is 7. The van der Waals surface area contributed by atoms with Crippen molar-refractivity contribution < 1.29 is 0 Å². The number of hydrogen-bond donors (Lipinski definition) is 0. The molecule has 1 aliphatic carbocycles. The van der Waals surface area contributed by atoms with Gasteiger partial charge in [-0.1, -0.05) is 105 Å². The summed E-state index contributed by atoms with van der Waals surface area (Å²) in [5.41, 5.74) is 11.1. The van der Waals surface area contributed by atoms with Crippen molar-refractivity contribution in [3.63, 3.8) is 0 Å². The van der Waals surface area contributed by atoms with Crippen molar-refractivity contribution >= 4 is 59.0 Å². The SMILES string of the molecule is C=N/C=C(\C=N/Cn1c(/C=C\CC)c(C)c2ccc3c(c21)-c1cc2c(cc1C3(C)C)Sc1ccccc1S2)c1ccccc1. The molecule has 0 fully saturated rings. The van der Waals surface area contributed by atoms with Crippen molar-refractivity contribution in [3.8, 4) is 11.1 Å². The normalized spacial score (nSPS) is 15.0. The van der Waals surface area contributed by atoms with Crippen LogP contribution in [-0.2, 0) is 12.1 Å². The summed E-state index contributed by atoms with van der Waals surface area (Å²) < 4.78 is 2.41. The van der Waals surface area contributed by atoms with E-state index >= 15 is 0 Å². The molecule has 218 valence electrons. The van der Waals surface area contributed by atoms with Gasteiger partial charge in [-0.25, -0.2) is 0 Å². The molecule has 0 N–H and O–H groups in total. The minimum atomic E-state index is -0.110. The highest BCUT2D eigenvalue weighted by molar-refractivity contribution is 8.05. The summed E-state index contributed by atoms with van der Waals surface area (Å²) in [6.07, 6.45) is 9.21. The van der Waals surface area contributed by atoms with E-state index in [9.17, 15) is 0 Å². The fourth-order valence-corrected chi connectivity index (χ4v) is 8.87. The van der Waals surface area contributed by atoms with E-state index in [1.54, 1.807) is 6.20 Å². The molecule has 0 amide bonds. The summed E-state index contributed by atoms with van der Waals surface area (Å²) in [5, 5.41) is 1.29. The Morgan fingerprint density at radius 2 is 1.59 bits per heavy atom. The van der Waals surface area contributed by atoms with Crippen LogP contribution in [0.3, 0.4) is 0 Å². The average Bonchev–Trinajstić information content (AvgIpc) is 3.43. The molecule has 0 saturated carbocycles. The van der Waals surface area contributed by atoms with Gasteiger partial charge in [-0.2, -0.15) is 0 Å². The van der Waals surface area contributed by atoms with E-state index in [0.29, 0.717) is 6.67 Å². The van der Waals surface area contributed by atoms with Crippen LogP contribution in [0, 0.1) is 6.92 Å². The number of aromatic nitrogens is 1. The minimum absolute atomic E-state index is 0.110. The predicted molar refractivity (Wildman–Crippen MR) is 191 cm³/mol. The van der Waals surface area contributed by atoms with E-state index in [1.807, 2.05) is 47.9 Å². The molecule has 1 aliphatic heterocycles. The highest BCUT2D eigenvalue weighted by Crippen LogP contribution is 2.57. The molecule has 44 heavy (non-hydrogen) atoms. The highest BCUT2D eigenvalue weighted by atomic mass is 32.2. The van der Waals surface area contributed by atoms with Crippen molar-refractivity contribution in [2.24, 2.45) is 9.98 Å². The van der Waals surface area contributed by atoms with Crippen molar-refractivity contribution in [3.05, 3.63) is 119 Å². The van der Waals surface area contributed by atoms with Crippen molar-refractivity contribution in [1.82, 2.24) is 4.57 Å². The van der Waals surface area contributed by atoms with Gasteiger partial charge in [0.05, 0.1) is 5.52 Å². The third-order valence-electron chi connectivity index (χ3n) is 8.82. The second-order valence-corrected chi connectivity index (χ2v) is 14.0. The van der Waals surface area contributed by atoms with Crippen LogP contribution in [0.5, 0.6) is 0 Å². The van der Waals surface area contributed by atoms with E-state index in [0.717, 1.165) is 17.6 Å². The molecule has 5 heteroatoms. The molecule has 4 aromatic carbocycles. The first-order chi connectivity index (χ1) is 21.4. The van der Waals surface area contributed by atoms with Gasteiger partial charge in [-0.3, -0.25) is 9.98 Å². The van der Waals surface area contributed by atoms with Gasteiger partial charge in [0.2, 0.25) is 0 Å². The molecule has 1 aromatic heterocycles. The molecule has 0 bridgehead atoms. The molecule has 7 rings (SSSR count). The Labute approximate surface area is 268 Å². The van der Waals surface area contributed by atoms with Crippen LogP contribution in [0.4, 0.5) is 0 Å². The Morgan fingerprint density at radius 3 is 2.30 bits per heavy atom. The van der Waals surface area contributed by atoms with Gasteiger partial charge in [0.15, 0.2) is 0 Å². The smallest absolute Gasteiger partial charge is 0.114 e.